The largest absolute Gasteiger partial charge is 0.381 e. The predicted octanol–water partition coefficient (Wildman–Crippen LogP) is 3.40. The zero-order chi connectivity index (χ0) is 18.9. The molecule has 26 heavy (non-hydrogen) atoms. The Bertz CT molecular complexity index is 888. The van der Waals surface area contributed by atoms with Gasteiger partial charge in [-0.3, -0.25) is 0 Å². The maximum absolute atomic E-state index is 13.7. The summed E-state index contributed by atoms with van der Waals surface area (Å²) in [6.07, 6.45) is 0. The molecule has 0 spiro atoms. The van der Waals surface area contributed by atoms with Crippen LogP contribution in [-0.2, 0) is 14.6 Å². The average Bonchev–Trinajstić information content (AvgIpc) is 3.31. The zero-order valence-electron chi connectivity index (χ0n) is 14.4. The number of rotatable bonds is 7. The van der Waals surface area contributed by atoms with E-state index in [0.29, 0.717) is 17.2 Å². The summed E-state index contributed by atoms with van der Waals surface area (Å²) in [7, 11) is -3.68. The standard InChI is InChI=1S/C19H21ClFNO3S/c1-2-25-12-19(11-22)17(13-4-3-5-15(21)10-13)18(19)26(23,24)16-8-6-14(20)7-9-16/h3-10,17-18H,2,11-12,22H2,1H3/t17-,18+,19+/m0/s1. The smallest absolute Gasteiger partial charge is 0.182 e. The van der Waals surface area contributed by atoms with Crippen LogP contribution >= 0.6 is 11.6 Å². The van der Waals surface area contributed by atoms with E-state index in [1.807, 2.05) is 6.92 Å². The normalized spacial score (nSPS) is 25.2. The highest BCUT2D eigenvalue weighted by Gasteiger charge is 2.70. The summed E-state index contributed by atoms with van der Waals surface area (Å²) in [5.74, 6) is -0.824. The van der Waals surface area contributed by atoms with Gasteiger partial charge in [0, 0.05) is 29.5 Å². The van der Waals surface area contributed by atoms with Gasteiger partial charge >= 0.3 is 0 Å². The van der Waals surface area contributed by atoms with Gasteiger partial charge in [-0.1, -0.05) is 23.7 Å². The minimum absolute atomic E-state index is 0.131. The molecule has 2 aromatic rings. The van der Waals surface area contributed by atoms with E-state index in [9.17, 15) is 12.8 Å². The van der Waals surface area contributed by atoms with Crippen LogP contribution in [0.2, 0.25) is 5.02 Å². The van der Waals surface area contributed by atoms with E-state index in [1.165, 1.54) is 24.3 Å². The lowest BCUT2D eigenvalue weighted by molar-refractivity contribution is 0.101. The van der Waals surface area contributed by atoms with Gasteiger partial charge in [0.2, 0.25) is 0 Å². The molecule has 3 atom stereocenters. The Hall–Kier alpha value is -1.47. The molecule has 1 saturated carbocycles. The van der Waals surface area contributed by atoms with Crippen molar-refractivity contribution in [1.29, 1.82) is 0 Å². The third kappa shape index (κ3) is 3.27. The highest BCUT2D eigenvalue weighted by atomic mass is 35.5. The lowest BCUT2D eigenvalue weighted by Gasteiger charge is -2.16. The van der Waals surface area contributed by atoms with Gasteiger partial charge in [-0.15, -0.1) is 0 Å². The van der Waals surface area contributed by atoms with Gasteiger partial charge in [0.15, 0.2) is 9.84 Å². The molecule has 1 aliphatic rings. The van der Waals surface area contributed by atoms with Crippen molar-refractivity contribution < 1.29 is 17.5 Å². The fourth-order valence-electron chi connectivity index (χ4n) is 3.69. The second kappa shape index (κ2) is 7.27. The first kappa shape index (κ1) is 19.3. The lowest BCUT2D eigenvalue weighted by Crippen LogP contribution is -2.29. The number of hydrogen-bond acceptors (Lipinski definition) is 4. The van der Waals surface area contributed by atoms with Crippen LogP contribution in [-0.4, -0.2) is 33.4 Å². The fraction of sp³-hybridized carbons (Fsp3) is 0.368. The number of benzene rings is 2. The predicted molar refractivity (Wildman–Crippen MR) is 99.5 cm³/mol. The quantitative estimate of drug-likeness (QED) is 0.777. The molecule has 2 aromatic carbocycles. The Labute approximate surface area is 158 Å². The summed E-state index contributed by atoms with van der Waals surface area (Å²) in [6.45, 7) is 2.63. The molecule has 1 aliphatic carbocycles. The maximum atomic E-state index is 13.7. The maximum Gasteiger partial charge on any atom is 0.182 e. The van der Waals surface area contributed by atoms with Crippen LogP contribution in [0.15, 0.2) is 53.4 Å². The minimum atomic E-state index is -3.68. The van der Waals surface area contributed by atoms with Crippen molar-refractivity contribution in [2.24, 2.45) is 11.1 Å². The second-order valence-corrected chi connectivity index (χ2v) is 9.03. The third-order valence-corrected chi connectivity index (χ3v) is 7.61. The van der Waals surface area contributed by atoms with E-state index in [0.717, 1.165) is 0 Å². The average molecular weight is 398 g/mol. The highest BCUT2D eigenvalue weighted by Crippen LogP contribution is 2.63. The molecule has 140 valence electrons. The fourth-order valence-corrected chi connectivity index (χ4v) is 6.26. The van der Waals surface area contributed by atoms with Crippen LogP contribution in [0.25, 0.3) is 0 Å². The molecular formula is C19H21ClFNO3S. The van der Waals surface area contributed by atoms with Crippen LogP contribution in [0, 0.1) is 11.2 Å². The van der Waals surface area contributed by atoms with Gasteiger partial charge in [-0.05, 0) is 48.9 Å². The molecule has 0 saturated heterocycles. The van der Waals surface area contributed by atoms with E-state index >= 15 is 0 Å². The van der Waals surface area contributed by atoms with Gasteiger partial charge in [0.25, 0.3) is 0 Å². The number of nitrogens with two attached hydrogens (primary N) is 1. The molecule has 0 aliphatic heterocycles. The monoisotopic (exact) mass is 397 g/mol. The summed E-state index contributed by atoms with van der Waals surface area (Å²) in [5.41, 5.74) is 5.85. The van der Waals surface area contributed by atoms with E-state index in [-0.39, 0.29) is 18.0 Å². The number of ether oxygens (including phenoxy) is 1. The van der Waals surface area contributed by atoms with Crippen LogP contribution in [0.1, 0.15) is 18.4 Å². The molecule has 3 rings (SSSR count). The van der Waals surface area contributed by atoms with Gasteiger partial charge in [-0.2, -0.15) is 0 Å². The molecule has 0 amide bonds. The van der Waals surface area contributed by atoms with Gasteiger partial charge in [-0.25, -0.2) is 12.8 Å². The Kier molecular flexibility index (Phi) is 5.40. The first-order valence-corrected chi connectivity index (χ1v) is 10.3. The van der Waals surface area contributed by atoms with Crippen LogP contribution in [0.4, 0.5) is 4.39 Å². The summed E-state index contributed by atoms with van der Waals surface area (Å²) >= 11 is 5.87. The van der Waals surface area contributed by atoms with Crippen LogP contribution < -0.4 is 5.73 Å². The first-order chi connectivity index (χ1) is 12.4. The Morgan fingerprint density at radius 2 is 1.92 bits per heavy atom. The molecule has 0 aromatic heterocycles. The van der Waals surface area contributed by atoms with Gasteiger partial charge in [0.1, 0.15) is 5.82 Å². The van der Waals surface area contributed by atoms with E-state index in [4.69, 9.17) is 22.1 Å². The van der Waals surface area contributed by atoms with E-state index in [2.05, 4.69) is 0 Å². The van der Waals surface area contributed by atoms with Crippen molar-refractivity contribution in [3.63, 3.8) is 0 Å². The molecule has 0 bridgehead atoms. The Balaban J connectivity index is 2.05. The van der Waals surface area contributed by atoms with Crippen molar-refractivity contribution in [1.82, 2.24) is 0 Å². The van der Waals surface area contributed by atoms with Crippen molar-refractivity contribution in [2.75, 3.05) is 19.8 Å². The minimum Gasteiger partial charge on any atom is -0.381 e. The number of halogens is 2. The van der Waals surface area contributed by atoms with Crippen molar-refractivity contribution >= 4 is 21.4 Å². The zero-order valence-corrected chi connectivity index (χ0v) is 15.9. The SMILES string of the molecule is CCOC[C@@]1(CN)[C@H](S(=O)(=O)c2ccc(Cl)cc2)[C@@H]1c1cccc(F)c1. The van der Waals surface area contributed by atoms with Crippen molar-refractivity contribution in [2.45, 2.75) is 23.0 Å². The van der Waals surface area contributed by atoms with Gasteiger partial charge in [0.05, 0.1) is 16.8 Å². The van der Waals surface area contributed by atoms with E-state index in [1.54, 1.807) is 24.3 Å². The topological polar surface area (TPSA) is 69.4 Å². The molecule has 0 radical (unpaired) electrons. The number of hydrogen-bond donors (Lipinski definition) is 1. The molecular weight excluding hydrogens is 377 g/mol. The first-order valence-electron chi connectivity index (χ1n) is 8.39. The summed E-state index contributed by atoms with van der Waals surface area (Å²) < 4.78 is 45.8. The van der Waals surface area contributed by atoms with Crippen LogP contribution in [0.5, 0.6) is 0 Å². The number of sulfone groups is 1. The highest BCUT2D eigenvalue weighted by molar-refractivity contribution is 7.92. The molecule has 7 heteroatoms. The second-order valence-electron chi connectivity index (χ2n) is 6.53. The summed E-state index contributed by atoms with van der Waals surface area (Å²) in [6, 6.07) is 12.1. The van der Waals surface area contributed by atoms with Crippen LogP contribution in [0.3, 0.4) is 0 Å². The molecule has 0 heterocycles. The molecule has 1 fully saturated rings. The lowest BCUT2D eigenvalue weighted by atomic mass is 10.00. The summed E-state index contributed by atoms with van der Waals surface area (Å²) in [4.78, 5) is 0.181. The van der Waals surface area contributed by atoms with Crippen molar-refractivity contribution in [3.8, 4) is 0 Å². The molecule has 4 nitrogen and oxygen atoms in total. The molecule has 2 N–H and O–H groups in total. The van der Waals surface area contributed by atoms with Gasteiger partial charge < -0.3 is 10.5 Å². The third-order valence-electron chi connectivity index (χ3n) is 5.02. The van der Waals surface area contributed by atoms with Crippen molar-refractivity contribution in [3.05, 3.63) is 64.9 Å². The molecule has 0 unspecified atom stereocenters. The summed E-state index contributed by atoms with van der Waals surface area (Å²) in [5, 5.41) is -0.310. The van der Waals surface area contributed by atoms with E-state index < -0.39 is 32.2 Å². The Morgan fingerprint density at radius 3 is 2.50 bits per heavy atom. The Morgan fingerprint density at radius 1 is 1.23 bits per heavy atom.